The van der Waals surface area contributed by atoms with Crippen molar-refractivity contribution < 1.29 is 4.74 Å². The SMILES string of the molecule is COc1ccc(Br)cc1C=NNc1nc2c(c(=O)[nH]c(=O)n2C)n1Cc1ccccc1. The molecule has 0 atom stereocenters. The lowest BCUT2D eigenvalue weighted by Gasteiger charge is -2.08. The molecule has 2 aromatic heterocycles. The van der Waals surface area contributed by atoms with Gasteiger partial charge in [-0.25, -0.2) is 10.2 Å². The summed E-state index contributed by atoms with van der Waals surface area (Å²) in [7, 11) is 3.14. The van der Waals surface area contributed by atoms with Gasteiger partial charge in [0.2, 0.25) is 5.95 Å². The van der Waals surface area contributed by atoms with Crippen LogP contribution in [0.2, 0.25) is 0 Å². The number of aryl methyl sites for hydroxylation is 1. The first-order valence-electron chi connectivity index (χ1n) is 9.34. The Bertz CT molecular complexity index is 1390. The molecule has 0 unspecified atom stereocenters. The summed E-state index contributed by atoms with van der Waals surface area (Å²) in [6, 6.07) is 15.2. The number of methoxy groups -OCH3 is 1. The number of hydrogen-bond acceptors (Lipinski definition) is 6. The summed E-state index contributed by atoms with van der Waals surface area (Å²) in [5.74, 6) is 0.987. The third kappa shape index (κ3) is 4.15. The van der Waals surface area contributed by atoms with Crippen LogP contribution in [0.1, 0.15) is 11.1 Å². The number of rotatable bonds is 6. The number of halogens is 1. The molecule has 9 nitrogen and oxygen atoms in total. The molecule has 10 heteroatoms. The summed E-state index contributed by atoms with van der Waals surface area (Å²) in [4.78, 5) is 31.4. The van der Waals surface area contributed by atoms with Crippen LogP contribution >= 0.6 is 15.9 Å². The van der Waals surface area contributed by atoms with E-state index in [9.17, 15) is 9.59 Å². The number of nitrogens with zero attached hydrogens (tertiary/aromatic N) is 4. The Kier molecular flexibility index (Phi) is 5.72. The van der Waals surface area contributed by atoms with Gasteiger partial charge in [-0.3, -0.25) is 18.9 Å². The Morgan fingerprint density at radius 1 is 1.23 bits per heavy atom. The van der Waals surface area contributed by atoms with Gasteiger partial charge in [0.15, 0.2) is 11.2 Å². The molecule has 2 N–H and O–H groups in total. The van der Waals surface area contributed by atoms with Crippen molar-refractivity contribution in [2.45, 2.75) is 6.54 Å². The lowest BCUT2D eigenvalue weighted by Crippen LogP contribution is -2.29. The monoisotopic (exact) mass is 482 g/mol. The fourth-order valence-corrected chi connectivity index (χ4v) is 3.58. The van der Waals surface area contributed by atoms with E-state index in [4.69, 9.17) is 4.74 Å². The van der Waals surface area contributed by atoms with Crippen LogP contribution in [0, 0.1) is 0 Å². The smallest absolute Gasteiger partial charge is 0.329 e. The molecule has 2 heterocycles. The molecule has 31 heavy (non-hydrogen) atoms. The Labute approximate surface area is 185 Å². The van der Waals surface area contributed by atoms with Crippen LogP contribution in [0.4, 0.5) is 5.95 Å². The summed E-state index contributed by atoms with van der Waals surface area (Å²) in [5, 5.41) is 4.28. The molecular formula is C21H19BrN6O3. The Morgan fingerprint density at radius 3 is 2.74 bits per heavy atom. The lowest BCUT2D eigenvalue weighted by molar-refractivity contribution is 0.414. The number of ether oxygens (including phenoxy) is 1. The quantitative estimate of drug-likeness (QED) is 0.324. The number of benzene rings is 2. The van der Waals surface area contributed by atoms with Gasteiger partial charge in [0.05, 0.1) is 19.9 Å². The molecule has 158 valence electrons. The Balaban J connectivity index is 1.78. The van der Waals surface area contributed by atoms with E-state index < -0.39 is 11.2 Å². The summed E-state index contributed by atoms with van der Waals surface area (Å²) >= 11 is 3.43. The minimum Gasteiger partial charge on any atom is -0.496 e. The van der Waals surface area contributed by atoms with Gasteiger partial charge in [-0.15, -0.1) is 0 Å². The largest absolute Gasteiger partial charge is 0.496 e. The first-order valence-corrected chi connectivity index (χ1v) is 10.1. The maximum Gasteiger partial charge on any atom is 0.329 e. The first kappa shape index (κ1) is 20.6. The van der Waals surface area contributed by atoms with Gasteiger partial charge in [-0.2, -0.15) is 10.1 Å². The normalized spacial score (nSPS) is 11.3. The van der Waals surface area contributed by atoms with Crippen molar-refractivity contribution in [2.24, 2.45) is 12.1 Å². The van der Waals surface area contributed by atoms with Crippen LogP contribution in [0.5, 0.6) is 5.75 Å². The van der Waals surface area contributed by atoms with Gasteiger partial charge in [0.1, 0.15) is 5.75 Å². The molecule has 0 aliphatic carbocycles. The van der Waals surface area contributed by atoms with Gasteiger partial charge in [0, 0.05) is 17.1 Å². The zero-order chi connectivity index (χ0) is 22.0. The molecule has 2 aromatic carbocycles. The standard InChI is InChI=1S/C21H19BrN6O3/c1-27-18-17(19(29)25-21(27)30)28(12-13-6-4-3-5-7-13)20(24-18)26-23-11-14-10-15(22)8-9-16(14)31-2/h3-11H,12H2,1-2H3,(H,24,26)(H,25,29,30). The van der Waals surface area contributed by atoms with Crippen LogP contribution in [0.25, 0.3) is 11.2 Å². The summed E-state index contributed by atoms with van der Waals surface area (Å²) < 4.78 is 9.23. The highest BCUT2D eigenvalue weighted by molar-refractivity contribution is 9.10. The number of aromatic amines is 1. The Morgan fingerprint density at radius 2 is 2.00 bits per heavy atom. The molecule has 0 spiro atoms. The van der Waals surface area contributed by atoms with E-state index in [0.29, 0.717) is 18.2 Å². The number of H-pyrrole nitrogens is 1. The average molecular weight is 483 g/mol. The highest BCUT2D eigenvalue weighted by atomic mass is 79.9. The van der Waals surface area contributed by atoms with Crippen molar-refractivity contribution in [3.8, 4) is 5.75 Å². The van der Waals surface area contributed by atoms with E-state index in [1.807, 2.05) is 48.5 Å². The molecule has 0 aliphatic heterocycles. The number of imidazole rings is 1. The number of fused-ring (bicyclic) bond motifs is 1. The molecule has 0 saturated carbocycles. The van der Waals surface area contributed by atoms with Crippen LogP contribution in [0.3, 0.4) is 0 Å². The van der Waals surface area contributed by atoms with Crippen molar-refractivity contribution >= 4 is 39.3 Å². The van der Waals surface area contributed by atoms with Gasteiger partial charge < -0.3 is 4.74 Å². The van der Waals surface area contributed by atoms with E-state index in [1.165, 1.54) is 4.57 Å². The van der Waals surface area contributed by atoms with E-state index in [2.05, 4.69) is 36.4 Å². The van der Waals surface area contributed by atoms with Crippen molar-refractivity contribution in [3.63, 3.8) is 0 Å². The van der Waals surface area contributed by atoms with Crippen LogP contribution < -0.4 is 21.4 Å². The highest BCUT2D eigenvalue weighted by Gasteiger charge is 2.17. The number of anilines is 1. The van der Waals surface area contributed by atoms with E-state index in [0.717, 1.165) is 15.6 Å². The predicted octanol–water partition coefficient (Wildman–Crippen LogP) is 2.69. The number of hydrogen-bond donors (Lipinski definition) is 2. The summed E-state index contributed by atoms with van der Waals surface area (Å²) in [6.07, 6.45) is 1.60. The highest BCUT2D eigenvalue weighted by Crippen LogP contribution is 2.22. The molecule has 4 aromatic rings. The third-order valence-electron chi connectivity index (χ3n) is 4.75. The maximum atomic E-state index is 12.6. The molecule has 0 amide bonds. The number of aromatic nitrogens is 4. The number of hydrazone groups is 1. The Hall–Kier alpha value is -3.66. The van der Waals surface area contributed by atoms with Crippen LogP contribution in [-0.4, -0.2) is 32.4 Å². The number of nitrogens with one attached hydrogen (secondary N) is 2. The first-order chi connectivity index (χ1) is 15.0. The fourth-order valence-electron chi connectivity index (χ4n) is 3.21. The summed E-state index contributed by atoms with van der Waals surface area (Å²) in [5.41, 5.74) is 4.13. The summed E-state index contributed by atoms with van der Waals surface area (Å²) in [6.45, 7) is 0.372. The van der Waals surface area contributed by atoms with E-state index >= 15 is 0 Å². The average Bonchev–Trinajstić information content (AvgIpc) is 3.12. The van der Waals surface area contributed by atoms with Crippen molar-refractivity contribution in [3.05, 3.63) is 85.0 Å². The van der Waals surface area contributed by atoms with E-state index in [1.54, 1.807) is 24.9 Å². The second kappa shape index (κ2) is 8.60. The molecule has 0 radical (unpaired) electrons. The van der Waals surface area contributed by atoms with Gasteiger partial charge in [-0.1, -0.05) is 46.3 Å². The second-order valence-electron chi connectivity index (χ2n) is 6.75. The molecule has 0 bridgehead atoms. The topological polar surface area (TPSA) is 106 Å². The van der Waals surface area contributed by atoms with Crippen molar-refractivity contribution in [1.82, 2.24) is 19.1 Å². The van der Waals surface area contributed by atoms with E-state index in [-0.39, 0.29) is 11.2 Å². The minimum atomic E-state index is -0.532. The minimum absolute atomic E-state index is 0.266. The fraction of sp³-hybridized carbons (Fsp3) is 0.143. The van der Waals surface area contributed by atoms with Crippen molar-refractivity contribution in [2.75, 3.05) is 12.5 Å². The third-order valence-corrected chi connectivity index (χ3v) is 5.24. The molecule has 0 aliphatic rings. The zero-order valence-electron chi connectivity index (χ0n) is 16.8. The maximum absolute atomic E-state index is 12.6. The second-order valence-corrected chi connectivity index (χ2v) is 7.67. The molecule has 0 fully saturated rings. The van der Waals surface area contributed by atoms with Gasteiger partial charge >= 0.3 is 5.69 Å². The molecular weight excluding hydrogens is 464 g/mol. The van der Waals surface area contributed by atoms with Gasteiger partial charge in [0.25, 0.3) is 5.56 Å². The zero-order valence-corrected chi connectivity index (χ0v) is 18.4. The van der Waals surface area contributed by atoms with Gasteiger partial charge in [-0.05, 0) is 23.8 Å². The van der Waals surface area contributed by atoms with Crippen molar-refractivity contribution in [1.29, 1.82) is 0 Å². The molecule has 4 rings (SSSR count). The van der Waals surface area contributed by atoms with Crippen LogP contribution in [-0.2, 0) is 13.6 Å². The van der Waals surface area contributed by atoms with Crippen LogP contribution in [0.15, 0.2) is 67.7 Å². The molecule has 0 saturated heterocycles. The predicted molar refractivity (Wildman–Crippen MR) is 123 cm³/mol. The lowest BCUT2D eigenvalue weighted by atomic mass is 10.2.